The Morgan fingerprint density at radius 1 is 1.28 bits per heavy atom. The lowest BCUT2D eigenvalue weighted by Crippen LogP contribution is -2.38. The molecule has 5 nitrogen and oxygen atoms in total. The molecule has 1 fully saturated rings. The van der Waals surface area contributed by atoms with Gasteiger partial charge < -0.3 is 4.90 Å². The largest absolute Gasteiger partial charge is 0.356 e. The lowest BCUT2D eigenvalue weighted by molar-refractivity contribution is -0.118. The number of carbonyl (C=O) groups is 1. The van der Waals surface area contributed by atoms with Gasteiger partial charge in [0.2, 0.25) is 0 Å². The third kappa shape index (κ3) is 4.37. The van der Waals surface area contributed by atoms with Crippen LogP contribution in [0.3, 0.4) is 0 Å². The topological polar surface area (TPSA) is 69.3 Å². The van der Waals surface area contributed by atoms with Gasteiger partial charge in [0.15, 0.2) is 0 Å². The molecule has 0 aliphatic carbocycles. The van der Waals surface area contributed by atoms with E-state index in [1.807, 2.05) is 30.5 Å². The molecule has 1 saturated heterocycles. The van der Waals surface area contributed by atoms with Crippen LogP contribution >= 0.6 is 0 Å². The van der Waals surface area contributed by atoms with E-state index in [1.165, 1.54) is 5.56 Å². The standard InChI is InChI=1S/C24H26N4O/c1-17(19-5-3-2-4-6-19)11-22(29)13-21-12-20-15-27-24(23(20)16-26-21)28-9-7-18(14-25)8-10-28/h2-6,12,16-18H,7-11,13,15H2,1H3/t17-/m0/s1. The zero-order valence-corrected chi connectivity index (χ0v) is 16.8. The summed E-state index contributed by atoms with van der Waals surface area (Å²) < 4.78 is 0. The summed E-state index contributed by atoms with van der Waals surface area (Å²) in [5.74, 6) is 1.59. The molecule has 3 heterocycles. The van der Waals surface area contributed by atoms with Crippen molar-refractivity contribution < 1.29 is 4.79 Å². The van der Waals surface area contributed by atoms with E-state index < -0.39 is 0 Å². The number of nitriles is 1. The summed E-state index contributed by atoms with van der Waals surface area (Å²) in [6.07, 6.45) is 4.56. The fraction of sp³-hybridized carbons (Fsp3) is 0.417. The van der Waals surface area contributed by atoms with Gasteiger partial charge in [-0.05, 0) is 36.0 Å². The number of aliphatic imine (C=N–C) groups is 1. The number of hydrogen-bond donors (Lipinski definition) is 0. The highest BCUT2D eigenvalue weighted by molar-refractivity contribution is 6.01. The number of benzene rings is 1. The Bertz CT molecular complexity index is 953. The Balaban J connectivity index is 1.37. The van der Waals surface area contributed by atoms with Gasteiger partial charge in [-0.3, -0.25) is 14.8 Å². The smallest absolute Gasteiger partial charge is 0.139 e. The molecule has 148 valence electrons. The zero-order valence-electron chi connectivity index (χ0n) is 16.8. The fourth-order valence-electron chi connectivity index (χ4n) is 4.23. The summed E-state index contributed by atoms with van der Waals surface area (Å²) in [7, 11) is 0. The number of hydrogen-bond acceptors (Lipinski definition) is 5. The van der Waals surface area contributed by atoms with Crippen molar-refractivity contribution in [1.82, 2.24) is 9.88 Å². The molecular weight excluding hydrogens is 360 g/mol. The number of likely N-dealkylation sites (tertiary alicyclic amines) is 1. The normalized spacial score (nSPS) is 17.4. The van der Waals surface area contributed by atoms with Gasteiger partial charge in [0.1, 0.15) is 11.6 Å². The zero-order chi connectivity index (χ0) is 20.2. The number of rotatable bonds is 5. The molecule has 0 spiro atoms. The summed E-state index contributed by atoms with van der Waals surface area (Å²) >= 11 is 0. The van der Waals surface area contributed by atoms with E-state index in [0.29, 0.717) is 19.4 Å². The number of aromatic nitrogens is 1. The quantitative estimate of drug-likeness (QED) is 0.782. The van der Waals surface area contributed by atoms with E-state index in [4.69, 9.17) is 10.3 Å². The third-order valence-electron chi connectivity index (χ3n) is 5.94. The second-order valence-electron chi connectivity index (χ2n) is 8.09. The molecular formula is C24H26N4O. The van der Waals surface area contributed by atoms with Crippen molar-refractivity contribution in [2.45, 2.75) is 45.1 Å². The Labute approximate surface area is 172 Å². The van der Waals surface area contributed by atoms with Gasteiger partial charge >= 0.3 is 0 Å². The van der Waals surface area contributed by atoms with E-state index in [1.54, 1.807) is 0 Å². The molecule has 0 unspecified atom stereocenters. The van der Waals surface area contributed by atoms with Gasteiger partial charge in [0.25, 0.3) is 0 Å². The van der Waals surface area contributed by atoms with Crippen molar-refractivity contribution >= 4 is 11.6 Å². The lowest BCUT2D eigenvalue weighted by Gasteiger charge is -2.31. The molecule has 2 aliphatic rings. The van der Waals surface area contributed by atoms with Crippen molar-refractivity contribution in [3.8, 4) is 6.07 Å². The van der Waals surface area contributed by atoms with Crippen molar-refractivity contribution in [1.29, 1.82) is 5.26 Å². The molecule has 1 aromatic carbocycles. The molecule has 5 heteroatoms. The van der Waals surface area contributed by atoms with Gasteiger partial charge in [0, 0.05) is 49.3 Å². The highest BCUT2D eigenvalue weighted by Gasteiger charge is 2.26. The van der Waals surface area contributed by atoms with Gasteiger partial charge in [-0.15, -0.1) is 0 Å². The van der Waals surface area contributed by atoms with E-state index in [2.05, 4.69) is 35.0 Å². The second kappa shape index (κ2) is 8.57. The summed E-state index contributed by atoms with van der Waals surface area (Å²) in [5.41, 5.74) is 4.25. The van der Waals surface area contributed by atoms with Crippen LogP contribution < -0.4 is 0 Å². The Morgan fingerprint density at radius 3 is 2.76 bits per heavy atom. The Kier molecular flexibility index (Phi) is 5.71. The first kappa shape index (κ1) is 19.3. The average molecular weight is 386 g/mol. The van der Waals surface area contributed by atoms with Gasteiger partial charge in [0.05, 0.1) is 12.6 Å². The number of piperidine rings is 1. The van der Waals surface area contributed by atoms with E-state index in [9.17, 15) is 4.79 Å². The van der Waals surface area contributed by atoms with Gasteiger partial charge in [-0.25, -0.2) is 0 Å². The Hall–Kier alpha value is -3.00. The van der Waals surface area contributed by atoms with Gasteiger partial charge in [-0.2, -0.15) is 5.26 Å². The number of nitrogens with zero attached hydrogens (tertiary/aromatic N) is 4. The molecule has 0 saturated carbocycles. The molecule has 1 atom stereocenters. The molecule has 0 N–H and O–H groups in total. The summed E-state index contributed by atoms with van der Waals surface area (Å²) in [4.78, 5) is 24.1. The highest BCUT2D eigenvalue weighted by Crippen LogP contribution is 2.26. The number of Topliss-reactive ketones (excluding diaryl/α,β-unsaturated/α-hetero) is 1. The number of amidine groups is 1. The van der Waals surface area contributed by atoms with Gasteiger partial charge in [-0.1, -0.05) is 37.3 Å². The molecule has 2 aromatic rings. The van der Waals surface area contributed by atoms with Crippen LogP contribution in [0.1, 0.15) is 54.5 Å². The first-order chi connectivity index (χ1) is 14.1. The molecule has 1 aromatic heterocycles. The first-order valence-corrected chi connectivity index (χ1v) is 10.4. The van der Waals surface area contributed by atoms with Crippen LogP contribution in [-0.2, 0) is 17.8 Å². The summed E-state index contributed by atoms with van der Waals surface area (Å²) in [6, 6.07) is 14.6. The fourth-order valence-corrected chi connectivity index (χ4v) is 4.23. The number of ketones is 1. The maximum absolute atomic E-state index is 12.6. The molecule has 0 bridgehead atoms. The minimum Gasteiger partial charge on any atom is -0.356 e. The van der Waals surface area contributed by atoms with Crippen molar-refractivity contribution in [3.63, 3.8) is 0 Å². The Morgan fingerprint density at radius 2 is 2.03 bits per heavy atom. The van der Waals surface area contributed by atoms with Crippen LogP contribution in [0.5, 0.6) is 0 Å². The third-order valence-corrected chi connectivity index (χ3v) is 5.94. The summed E-state index contributed by atoms with van der Waals surface area (Å²) in [5, 5.41) is 9.09. The lowest BCUT2D eigenvalue weighted by atomic mass is 9.94. The monoisotopic (exact) mass is 386 g/mol. The van der Waals surface area contributed by atoms with E-state index >= 15 is 0 Å². The highest BCUT2D eigenvalue weighted by atomic mass is 16.1. The molecule has 4 rings (SSSR count). The van der Waals surface area contributed by atoms with Crippen LogP contribution in [0.25, 0.3) is 0 Å². The van der Waals surface area contributed by atoms with Crippen molar-refractivity contribution in [2.75, 3.05) is 13.1 Å². The first-order valence-electron chi connectivity index (χ1n) is 10.4. The predicted octanol–water partition coefficient (Wildman–Crippen LogP) is 3.88. The van der Waals surface area contributed by atoms with Crippen molar-refractivity contribution in [3.05, 3.63) is 65.0 Å². The second-order valence-corrected chi connectivity index (χ2v) is 8.09. The average Bonchev–Trinajstić information content (AvgIpc) is 3.17. The van der Waals surface area contributed by atoms with E-state index in [-0.39, 0.29) is 17.6 Å². The van der Waals surface area contributed by atoms with Crippen LogP contribution in [-0.4, -0.2) is 34.6 Å². The maximum atomic E-state index is 12.6. The van der Waals surface area contributed by atoms with Crippen LogP contribution in [0.2, 0.25) is 0 Å². The van der Waals surface area contributed by atoms with Crippen LogP contribution in [0, 0.1) is 17.2 Å². The molecule has 0 amide bonds. The van der Waals surface area contributed by atoms with Crippen molar-refractivity contribution in [2.24, 2.45) is 10.9 Å². The number of pyridine rings is 1. The SMILES string of the molecule is C[C@@H](CC(=O)Cc1cc2c(cn1)C(N1CCC(C#N)CC1)=NC2)c1ccccc1. The molecule has 0 radical (unpaired) electrons. The molecule has 29 heavy (non-hydrogen) atoms. The number of carbonyl (C=O) groups excluding carboxylic acids is 1. The predicted molar refractivity (Wildman–Crippen MR) is 113 cm³/mol. The van der Waals surface area contributed by atoms with E-state index in [0.717, 1.165) is 48.6 Å². The van der Waals surface area contributed by atoms with Crippen LogP contribution in [0.15, 0.2) is 47.6 Å². The molecule has 2 aliphatic heterocycles. The minimum atomic E-state index is 0.164. The maximum Gasteiger partial charge on any atom is 0.139 e. The summed E-state index contributed by atoms with van der Waals surface area (Å²) in [6.45, 7) is 4.48. The minimum absolute atomic E-state index is 0.164. The van der Waals surface area contributed by atoms with Crippen LogP contribution in [0.4, 0.5) is 0 Å². The number of fused-ring (bicyclic) bond motifs is 1.